The Hall–Kier alpha value is -1.47. The number of amides is 2. The number of rotatable bonds is 3. The topological polar surface area (TPSA) is 69.6 Å². The second-order valence-electron chi connectivity index (χ2n) is 5.99. The second kappa shape index (κ2) is 6.53. The van der Waals surface area contributed by atoms with Crippen molar-refractivity contribution >= 4 is 12.0 Å². The van der Waals surface area contributed by atoms with Crippen LogP contribution in [0.3, 0.4) is 0 Å². The molecule has 2 unspecified atom stereocenters. The molecule has 122 valence electrons. The van der Waals surface area contributed by atoms with E-state index in [1.165, 1.54) is 13.8 Å². The number of halogens is 3. The highest BCUT2D eigenvalue weighted by molar-refractivity contribution is 5.77. The number of piperidine rings is 1. The summed E-state index contributed by atoms with van der Waals surface area (Å²) < 4.78 is 38.6. The van der Waals surface area contributed by atoms with Gasteiger partial charge in [0.15, 0.2) is 0 Å². The number of likely N-dealkylation sites (tertiary alicyclic amines) is 1. The van der Waals surface area contributed by atoms with Gasteiger partial charge in [0.1, 0.15) is 6.04 Å². The van der Waals surface area contributed by atoms with Crippen LogP contribution < -0.4 is 5.32 Å². The molecule has 0 bridgehead atoms. The maximum atomic E-state index is 12.9. The molecule has 1 aliphatic heterocycles. The molecular weight excluding hydrogens is 289 g/mol. The molecule has 8 heteroatoms. The number of hydrogen-bond acceptors (Lipinski definition) is 2. The fourth-order valence-corrected chi connectivity index (χ4v) is 2.55. The molecule has 1 heterocycles. The average molecular weight is 310 g/mol. The normalized spacial score (nSPS) is 24.8. The van der Waals surface area contributed by atoms with Crippen molar-refractivity contribution in [1.82, 2.24) is 10.2 Å². The fraction of sp³-hybridized carbons (Fsp3) is 0.846. The van der Waals surface area contributed by atoms with Gasteiger partial charge in [0.2, 0.25) is 0 Å². The Bertz CT molecular complexity index is 399. The molecule has 0 aromatic rings. The predicted octanol–water partition coefficient (Wildman–Crippen LogP) is 2.33. The molecule has 1 aliphatic rings. The van der Waals surface area contributed by atoms with Crippen LogP contribution in [0.5, 0.6) is 0 Å². The van der Waals surface area contributed by atoms with E-state index < -0.39 is 36.1 Å². The molecule has 2 N–H and O–H groups in total. The lowest BCUT2D eigenvalue weighted by Gasteiger charge is -2.36. The quantitative estimate of drug-likeness (QED) is 0.840. The van der Waals surface area contributed by atoms with Gasteiger partial charge in [-0.05, 0) is 18.3 Å². The molecule has 2 amide bonds. The summed E-state index contributed by atoms with van der Waals surface area (Å²) in [5.74, 6) is -2.63. The number of urea groups is 1. The minimum Gasteiger partial charge on any atom is -0.481 e. The molecule has 1 rings (SSSR count). The molecular formula is C13H21F3N2O3. The summed E-state index contributed by atoms with van der Waals surface area (Å²) in [7, 11) is 0. The zero-order valence-corrected chi connectivity index (χ0v) is 12.3. The van der Waals surface area contributed by atoms with E-state index in [2.05, 4.69) is 0 Å². The van der Waals surface area contributed by atoms with Crippen molar-refractivity contribution in [3.8, 4) is 0 Å². The van der Waals surface area contributed by atoms with E-state index in [4.69, 9.17) is 5.11 Å². The van der Waals surface area contributed by atoms with Crippen molar-refractivity contribution in [1.29, 1.82) is 0 Å². The molecule has 0 saturated carbocycles. The lowest BCUT2D eigenvalue weighted by atomic mass is 9.91. The first-order valence-corrected chi connectivity index (χ1v) is 6.87. The predicted molar refractivity (Wildman–Crippen MR) is 69.7 cm³/mol. The molecule has 0 spiro atoms. The Morgan fingerprint density at radius 2 is 1.86 bits per heavy atom. The van der Waals surface area contributed by atoms with E-state index in [1.54, 1.807) is 6.92 Å². The van der Waals surface area contributed by atoms with Gasteiger partial charge in [-0.25, -0.2) is 4.79 Å². The van der Waals surface area contributed by atoms with Crippen LogP contribution in [0.1, 0.15) is 27.2 Å². The van der Waals surface area contributed by atoms with Crippen molar-refractivity contribution in [2.24, 2.45) is 17.8 Å². The van der Waals surface area contributed by atoms with Crippen LogP contribution in [0.25, 0.3) is 0 Å². The largest absolute Gasteiger partial charge is 0.481 e. The summed E-state index contributed by atoms with van der Waals surface area (Å²) in [5.41, 5.74) is 0. The van der Waals surface area contributed by atoms with Crippen LogP contribution in [0.15, 0.2) is 0 Å². The number of carboxylic acids is 1. The van der Waals surface area contributed by atoms with Crippen molar-refractivity contribution in [2.75, 3.05) is 13.1 Å². The number of hydrogen-bond donors (Lipinski definition) is 2. The first kappa shape index (κ1) is 17.6. The van der Waals surface area contributed by atoms with E-state index in [1.807, 2.05) is 5.32 Å². The molecule has 21 heavy (non-hydrogen) atoms. The third-order valence-corrected chi connectivity index (χ3v) is 3.59. The lowest BCUT2D eigenvalue weighted by Crippen LogP contribution is -2.56. The van der Waals surface area contributed by atoms with Crippen molar-refractivity contribution in [3.63, 3.8) is 0 Å². The van der Waals surface area contributed by atoms with E-state index in [0.717, 1.165) is 4.90 Å². The first-order valence-electron chi connectivity index (χ1n) is 6.87. The molecule has 3 atom stereocenters. The summed E-state index contributed by atoms with van der Waals surface area (Å²) in [4.78, 5) is 24.2. The number of alkyl halides is 3. The van der Waals surface area contributed by atoms with Crippen LogP contribution in [0.2, 0.25) is 0 Å². The van der Waals surface area contributed by atoms with Crippen LogP contribution in [0.4, 0.5) is 18.0 Å². The number of aliphatic carboxylic acids is 1. The van der Waals surface area contributed by atoms with Gasteiger partial charge in [-0.1, -0.05) is 20.8 Å². The monoisotopic (exact) mass is 310 g/mol. The van der Waals surface area contributed by atoms with E-state index in [0.29, 0.717) is 6.42 Å². The Morgan fingerprint density at radius 3 is 2.29 bits per heavy atom. The first-order chi connectivity index (χ1) is 9.52. The Morgan fingerprint density at radius 1 is 1.29 bits per heavy atom. The highest BCUT2D eigenvalue weighted by atomic mass is 19.4. The Kier molecular flexibility index (Phi) is 5.47. The number of carbonyl (C=O) groups is 2. The molecule has 0 aromatic carbocycles. The van der Waals surface area contributed by atoms with Crippen LogP contribution in [-0.2, 0) is 4.79 Å². The minimum atomic E-state index is -4.53. The second-order valence-corrected chi connectivity index (χ2v) is 5.99. The molecule has 1 saturated heterocycles. The molecule has 5 nitrogen and oxygen atoms in total. The maximum absolute atomic E-state index is 12.9. The summed E-state index contributed by atoms with van der Waals surface area (Å²) in [6.07, 6.45) is -4.11. The smallest absolute Gasteiger partial charge is 0.408 e. The van der Waals surface area contributed by atoms with Crippen molar-refractivity contribution < 1.29 is 27.9 Å². The summed E-state index contributed by atoms with van der Waals surface area (Å²) in [6.45, 7) is 4.72. The minimum absolute atomic E-state index is 0.0611. The number of carboxylic acid groups (broad SMARTS) is 1. The third-order valence-electron chi connectivity index (χ3n) is 3.59. The van der Waals surface area contributed by atoms with Gasteiger partial charge < -0.3 is 15.3 Å². The number of carbonyl (C=O) groups excluding carboxylic acids is 1. The summed E-state index contributed by atoms with van der Waals surface area (Å²) in [5, 5.41) is 11.0. The van der Waals surface area contributed by atoms with Gasteiger partial charge >= 0.3 is 18.2 Å². The van der Waals surface area contributed by atoms with Gasteiger partial charge in [0.05, 0.1) is 5.92 Å². The summed E-state index contributed by atoms with van der Waals surface area (Å²) in [6, 6.07) is -2.80. The van der Waals surface area contributed by atoms with Gasteiger partial charge in [-0.3, -0.25) is 4.79 Å². The molecule has 0 radical (unpaired) electrons. The molecule has 0 aromatic heterocycles. The lowest BCUT2D eigenvalue weighted by molar-refractivity contribution is -0.163. The van der Waals surface area contributed by atoms with E-state index in [-0.39, 0.29) is 19.0 Å². The highest BCUT2D eigenvalue weighted by Crippen LogP contribution is 2.27. The highest BCUT2D eigenvalue weighted by Gasteiger charge is 2.43. The molecule has 0 aliphatic carbocycles. The SMILES string of the molecule is CC1CC(C(=O)O)CN(C(=O)N[C@@H](C(C)C)C(F)(F)F)C1. The van der Waals surface area contributed by atoms with Crippen LogP contribution >= 0.6 is 0 Å². The third kappa shape index (κ3) is 4.78. The summed E-state index contributed by atoms with van der Waals surface area (Å²) >= 11 is 0. The van der Waals surface area contributed by atoms with Crippen molar-refractivity contribution in [2.45, 2.75) is 39.4 Å². The van der Waals surface area contributed by atoms with Gasteiger partial charge in [-0.15, -0.1) is 0 Å². The Balaban J connectivity index is 2.75. The fourth-order valence-electron chi connectivity index (χ4n) is 2.55. The number of nitrogens with zero attached hydrogens (tertiary/aromatic N) is 1. The van der Waals surface area contributed by atoms with Crippen LogP contribution in [0, 0.1) is 17.8 Å². The van der Waals surface area contributed by atoms with E-state index in [9.17, 15) is 22.8 Å². The van der Waals surface area contributed by atoms with E-state index >= 15 is 0 Å². The standard InChI is InChI=1S/C13H21F3N2O3/c1-7(2)10(13(14,15)16)17-12(21)18-5-8(3)4-9(6-18)11(19)20/h7-10H,4-6H2,1-3H3,(H,17,21)(H,19,20)/t8?,9?,10-/m0/s1. The zero-order chi connectivity index (χ0) is 16.4. The van der Waals surface area contributed by atoms with Gasteiger partial charge in [0, 0.05) is 13.1 Å². The number of nitrogens with one attached hydrogen (secondary N) is 1. The van der Waals surface area contributed by atoms with Gasteiger partial charge in [-0.2, -0.15) is 13.2 Å². The Labute approximate surface area is 121 Å². The van der Waals surface area contributed by atoms with Gasteiger partial charge in [0.25, 0.3) is 0 Å². The zero-order valence-electron chi connectivity index (χ0n) is 12.3. The maximum Gasteiger partial charge on any atom is 0.408 e. The van der Waals surface area contributed by atoms with Crippen molar-refractivity contribution in [3.05, 3.63) is 0 Å². The average Bonchev–Trinajstić information content (AvgIpc) is 2.32. The molecule has 1 fully saturated rings. The van der Waals surface area contributed by atoms with Crippen LogP contribution in [-0.4, -0.2) is 47.3 Å².